The number of hydrogen-bond donors (Lipinski definition) is 3. The minimum atomic E-state index is -1.86. The summed E-state index contributed by atoms with van der Waals surface area (Å²) in [6.45, 7) is 13.5. The van der Waals surface area contributed by atoms with Gasteiger partial charge in [0.2, 0.25) is 11.8 Å². The Morgan fingerprint density at radius 3 is 2.34 bits per heavy atom. The minimum Gasteiger partial charge on any atom is -0.388 e. The molecule has 0 radical (unpaired) electrons. The highest BCUT2D eigenvalue weighted by molar-refractivity contribution is 7.13. The fourth-order valence-electron chi connectivity index (χ4n) is 4.21. The van der Waals surface area contributed by atoms with Gasteiger partial charge in [0.1, 0.15) is 12.1 Å². The molecule has 0 saturated carbocycles. The van der Waals surface area contributed by atoms with Crippen LogP contribution in [0, 0.1) is 12.3 Å². The molecule has 1 aliphatic rings. The number of aliphatic hydroxyl groups excluding tert-OH is 1. The lowest BCUT2D eigenvalue weighted by atomic mass is 9.84. The molecule has 192 valence electrons. The third kappa shape index (κ3) is 6.45. The van der Waals surface area contributed by atoms with E-state index in [0.29, 0.717) is 0 Å². The Morgan fingerprint density at radius 1 is 1.20 bits per heavy atom. The summed E-state index contributed by atoms with van der Waals surface area (Å²) < 4.78 is 15.0. The number of carbonyl (C=O) groups is 2. The zero-order chi connectivity index (χ0) is 26.1. The Balaban J connectivity index is 1.73. The number of aliphatic hydroxyl groups is 1. The van der Waals surface area contributed by atoms with Gasteiger partial charge in [0.05, 0.1) is 28.7 Å². The molecule has 2 aromatic rings. The second kappa shape index (κ2) is 10.3. The Morgan fingerprint density at radius 2 is 1.83 bits per heavy atom. The van der Waals surface area contributed by atoms with Crippen molar-refractivity contribution < 1.29 is 19.1 Å². The fraction of sp³-hybridized carbons (Fsp3) is 0.577. The molecule has 0 bridgehead atoms. The predicted molar refractivity (Wildman–Crippen MR) is 137 cm³/mol. The SMILES string of the molecule is Cc1ncsc1-c1ccc(CNC(=O)[C@@H]2[C@@H](F)[C@@H](O)CN2C(=O)[C@@H](NC(C)(C)C)C(C)(C)C)cc1. The average Bonchev–Trinajstić information content (AvgIpc) is 3.32. The number of alkyl halides is 1. The van der Waals surface area contributed by atoms with Crippen LogP contribution in [0.4, 0.5) is 4.39 Å². The van der Waals surface area contributed by atoms with Gasteiger partial charge in [-0.15, -0.1) is 11.3 Å². The summed E-state index contributed by atoms with van der Waals surface area (Å²) in [4.78, 5) is 33.1. The molecule has 2 amide bonds. The first-order valence-electron chi connectivity index (χ1n) is 11.9. The van der Waals surface area contributed by atoms with E-state index in [-0.39, 0.29) is 18.6 Å². The predicted octanol–water partition coefficient (Wildman–Crippen LogP) is 3.45. The molecule has 0 spiro atoms. The van der Waals surface area contributed by atoms with E-state index in [1.165, 1.54) is 4.90 Å². The van der Waals surface area contributed by atoms with E-state index in [1.807, 2.05) is 72.7 Å². The van der Waals surface area contributed by atoms with Crippen molar-refractivity contribution in [3.63, 3.8) is 0 Å². The fourth-order valence-corrected chi connectivity index (χ4v) is 5.02. The number of hydrogen-bond acceptors (Lipinski definition) is 6. The van der Waals surface area contributed by atoms with E-state index < -0.39 is 41.6 Å². The van der Waals surface area contributed by atoms with Crippen molar-refractivity contribution in [2.75, 3.05) is 6.54 Å². The third-order valence-electron chi connectivity index (χ3n) is 6.06. The molecule has 1 aromatic heterocycles. The van der Waals surface area contributed by atoms with Gasteiger partial charge >= 0.3 is 0 Å². The summed E-state index contributed by atoms with van der Waals surface area (Å²) in [6.07, 6.45) is -3.27. The summed E-state index contributed by atoms with van der Waals surface area (Å²) >= 11 is 1.57. The molecule has 1 aromatic carbocycles. The highest BCUT2D eigenvalue weighted by Gasteiger charge is 2.50. The molecule has 3 N–H and O–H groups in total. The second-order valence-electron chi connectivity index (χ2n) is 11.3. The Bertz CT molecular complexity index is 1040. The molecule has 2 heterocycles. The Hall–Kier alpha value is -2.36. The Labute approximate surface area is 211 Å². The number of nitrogens with zero attached hydrogens (tertiary/aromatic N) is 2. The van der Waals surface area contributed by atoms with E-state index in [1.54, 1.807) is 16.8 Å². The summed E-state index contributed by atoms with van der Waals surface area (Å²) in [5.41, 5.74) is 3.79. The van der Waals surface area contributed by atoms with Crippen LogP contribution in [0.5, 0.6) is 0 Å². The first-order valence-corrected chi connectivity index (χ1v) is 12.7. The van der Waals surface area contributed by atoms with Crippen molar-refractivity contribution in [3.05, 3.63) is 41.0 Å². The molecule has 3 rings (SSSR count). The van der Waals surface area contributed by atoms with Crippen molar-refractivity contribution in [2.24, 2.45) is 5.41 Å². The third-order valence-corrected chi connectivity index (χ3v) is 7.04. The molecule has 1 fully saturated rings. The van der Waals surface area contributed by atoms with Gasteiger partial charge in [-0.2, -0.15) is 0 Å². The van der Waals surface area contributed by atoms with Crippen LogP contribution in [0.15, 0.2) is 29.8 Å². The van der Waals surface area contributed by atoms with E-state index in [2.05, 4.69) is 15.6 Å². The maximum Gasteiger partial charge on any atom is 0.246 e. The number of rotatable bonds is 6. The first kappa shape index (κ1) is 27.2. The van der Waals surface area contributed by atoms with E-state index >= 15 is 0 Å². The average molecular weight is 505 g/mol. The van der Waals surface area contributed by atoms with Gasteiger partial charge in [-0.1, -0.05) is 45.0 Å². The minimum absolute atomic E-state index is 0.186. The topological polar surface area (TPSA) is 94.6 Å². The molecular weight excluding hydrogens is 467 g/mol. The van der Waals surface area contributed by atoms with Gasteiger partial charge in [-0.05, 0) is 44.2 Å². The normalized spacial score (nSPS) is 21.7. The van der Waals surface area contributed by atoms with Gasteiger partial charge in [-0.25, -0.2) is 9.37 Å². The van der Waals surface area contributed by atoms with Gasteiger partial charge in [0, 0.05) is 12.1 Å². The van der Waals surface area contributed by atoms with E-state index in [9.17, 15) is 19.1 Å². The van der Waals surface area contributed by atoms with Crippen LogP contribution in [0.2, 0.25) is 0 Å². The van der Waals surface area contributed by atoms with Crippen molar-refractivity contribution in [2.45, 2.75) is 84.9 Å². The second-order valence-corrected chi connectivity index (χ2v) is 12.2. The number of halogens is 1. The lowest BCUT2D eigenvalue weighted by Gasteiger charge is -2.39. The quantitative estimate of drug-likeness (QED) is 0.560. The molecule has 1 saturated heterocycles. The van der Waals surface area contributed by atoms with Gasteiger partial charge < -0.3 is 20.6 Å². The maximum absolute atomic E-state index is 15.0. The monoisotopic (exact) mass is 504 g/mol. The molecule has 0 aliphatic carbocycles. The van der Waals surface area contributed by atoms with Crippen LogP contribution in [-0.4, -0.2) is 63.2 Å². The summed E-state index contributed by atoms with van der Waals surface area (Å²) in [6, 6.07) is 5.68. The van der Waals surface area contributed by atoms with Crippen LogP contribution in [0.25, 0.3) is 10.4 Å². The molecule has 35 heavy (non-hydrogen) atoms. The number of likely N-dealkylation sites (tertiary alicyclic amines) is 1. The summed E-state index contributed by atoms with van der Waals surface area (Å²) in [5, 5.41) is 16.3. The van der Waals surface area contributed by atoms with Gasteiger partial charge in [-0.3, -0.25) is 9.59 Å². The number of thiazole rings is 1. The Kier molecular flexibility index (Phi) is 8.03. The number of benzene rings is 1. The zero-order valence-corrected chi connectivity index (χ0v) is 22.4. The number of nitrogens with one attached hydrogen (secondary N) is 2. The molecular formula is C26H37FN4O3S. The zero-order valence-electron chi connectivity index (χ0n) is 21.6. The van der Waals surface area contributed by atoms with Gasteiger partial charge in [0.25, 0.3) is 0 Å². The number of aryl methyl sites for hydroxylation is 1. The molecule has 0 unspecified atom stereocenters. The summed E-state index contributed by atoms with van der Waals surface area (Å²) in [5.74, 6) is -1.01. The molecule has 7 nitrogen and oxygen atoms in total. The standard InChI is InChI=1S/C26H37FN4O3S/c1-15-21(35-14-29-15)17-10-8-16(9-11-17)12-28-23(33)20-19(27)18(32)13-31(20)24(34)22(25(2,3)4)30-26(5,6)7/h8-11,14,18-20,22,30,32H,12-13H2,1-7H3,(H,28,33)/t18-,19-,20-,22+/m0/s1. The first-order chi connectivity index (χ1) is 16.2. The van der Waals surface area contributed by atoms with E-state index in [0.717, 1.165) is 21.7 Å². The van der Waals surface area contributed by atoms with Crippen molar-refractivity contribution >= 4 is 23.2 Å². The van der Waals surface area contributed by atoms with Crippen LogP contribution in [-0.2, 0) is 16.1 Å². The van der Waals surface area contributed by atoms with E-state index in [4.69, 9.17) is 0 Å². The van der Waals surface area contributed by atoms with Crippen LogP contribution < -0.4 is 10.6 Å². The molecule has 4 atom stereocenters. The van der Waals surface area contributed by atoms with Crippen molar-refractivity contribution in [1.29, 1.82) is 0 Å². The number of amides is 2. The molecule has 1 aliphatic heterocycles. The lowest BCUT2D eigenvalue weighted by Crippen LogP contribution is -2.60. The molecule has 9 heteroatoms. The largest absolute Gasteiger partial charge is 0.388 e. The number of carbonyl (C=O) groups excluding carboxylic acids is 2. The highest BCUT2D eigenvalue weighted by atomic mass is 32.1. The maximum atomic E-state index is 15.0. The number of aromatic nitrogens is 1. The van der Waals surface area contributed by atoms with Crippen LogP contribution in [0.1, 0.15) is 52.8 Å². The smallest absolute Gasteiger partial charge is 0.246 e. The highest BCUT2D eigenvalue weighted by Crippen LogP contribution is 2.29. The van der Waals surface area contributed by atoms with Crippen LogP contribution in [0.3, 0.4) is 0 Å². The lowest BCUT2D eigenvalue weighted by molar-refractivity contribution is -0.143. The van der Waals surface area contributed by atoms with Crippen LogP contribution >= 0.6 is 11.3 Å². The van der Waals surface area contributed by atoms with Crippen molar-refractivity contribution in [1.82, 2.24) is 20.5 Å². The van der Waals surface area contributed by atoms with Gasteiger partial charge in [0.15, 0.2) is 6.17 Å². The summed E-state index contributed by atoms with van der Waals surface area (Å²) in [7, 11) is 0. The van der Waals surface area contributed by atoms with Crippen molar-refractivity contribution in [3.8, 4) is 10.4 Å². The number of β-amino-alcohol motifs (C(OH)–C–C–N with tert-alkyl or cyclic N) is 1.